The Morgan fingerprint density at radius 3 is 2.95 bits per heavy atom. The fourth-order valence-corrected chi connectivity index (χ4v) is 1.97. The Morgan fingerprint density at radius 2 is 2.26 bits per heavy atom. The molecular formula is C12H16BrN5O. The molecule has 0 radical (unpaired) electrons. The van der Waals surface area contributed by atoms with E-state index in [1.807, 2.05) is 32.0 Å². The van der Waals surface area contributed by atoms with E-state index in [0.29, 0.717) is 24.7 Å². The molecule has 2 aromatic rings. The maximum Gasteiger partial charge on any atom is 0.182 e. The van der Waals surface area contributed by atoms with E-state index in [4.69, 9.17) is 10.5 Å². The molecule has 102 valence electrons. The summed E-state index contributed by atoms with van der Waals surface area (Å²) >= 11 is 3.37. The molecule has 1 atom stereocenters. The second kappa shape index (κ2) is 6.12. The van der Waals surface area contributed by atoms with Gasteiger partial charge in [0, 0.05) is 22.3 Å². The monoisotopic (exact) mass is 325 g/mol. The molecule has 0 amide bonds. The number of nitrogens with zero attached hydrogens (tertiary/aromatic N) is 4. The average molecular weight is 326 g/mol. The molecule has 0 saturated carbocycles. The number of rotatable bonds is 5. The van der Waals surface area contributed by atoms with Gasteiger partial charge in [0.15, 0.2) is 5.82 Å². The fourth-order valence-electron chi connectivity index (χ4n) is 1.72. The number of hydrogen-bond acceptors (Lipinski definition) is 5. The quantitative estimate of drug-likeness (QED) is 0.853. The van der Waals surface area contributed by atoms with Crippen molar-refractivity contribution in [3.63, 3.8) is 0 Å². The lowest BCUT2D eigenvalue weighted by molar-refractivity contribution is 0.115. The van der Waals surface area contributed by atoms with Crippen LogP contribution in [0.1, 0.15) is 19.9 Å². The number of halogens is 1. The van der Waals surface area contributed by atoms with Crippen LogP contribution < -0.4 is 5.73 Å². The molecule has 1 aromatic heterocycles. The van der Waals surface area contributed by atoms with Crippen LogP contribution in [-0.2, 0) is 4.74 Å². The largest absolute Gasteiger partial charge is 0.398 e. The molecule has 0 aliphatic heterocycles. The number of anilines is 1. The molecule has 0 saturated heterocycles. The van der Waals surface area contributed by atoms with E-state index in [1.54, 1.807) is 4.68 Å². The van der Waals surface area contributed by atoms with Crippen LogP contribution in [0.5, 0.6) is 0 Å². The van der Waals surface area contributed by atoms with Crippen LogP contribution in [0.3, 0.4) is 0 Å². The highest BCUT2D eigenvalue weighted by Gasteiger charge is 2.15. The summed E-state index contributed by atoms with van der Waals surface area (Å²) in [6, 6.07) is 5.72. The fraction of sp³-hybridized carbons (Fsp3) is 0.417. The smallest absolute Gasteiger partial charge is 0.182 e. The molecule has 0 aliphatic carbocycles. The molecule has 6 nitrogen and oxygen atoms in total. The number of tetrazole rings is 1. The summed E-state index contributed by atoms with van der Waals surface area (Å²) in [4.78, 5) is 0. The standard InChI is InChI=1S/C12H16BrN5O/c1-3-19-7-8(2)18-12(15-16-17-18)9-4-5-10(13)11(14)6-9/h4-6,8H,3,7,14H2,1-2H3. The first-order valence-electron chi connectivity index (χ1n) is 6.04. The van der Waals surface area contributed by atoms with E-state index in [-0.39, 0.29) is 6.04 Å². The molecule has 2 N–H and O–H groups in total. The third-order valence-electron chi connectivity index (χ3n) is 2.73. The van der Waals surface area contributed by atoms with Gasteiger partial charge in [-0.2, -0.15) is 0 Å². The predicted molar refractivity (Wildman–Crippen MR) is 76.6 cm³/mol. The highest BCUT2D eigenvalue weighted by molar-refractivity contribution is 9.10. The molecule has 0 bridgehead atoms. The van der Waals surface area contributed by atoms with Crippen molar-refractivity contribution in [2.75, 3.05) is 18.9 Å². The highest BCUT2D eigenvalue weighted by Crippen LogP contribution is 2.26. The molecule has 0 spiro atoms. The Labute approximate surface area is 120 Å². The van der Waals surface area contributed by atoms with Crippen LogP contribution in [0.2, 0.25) is 0 Å². The Kier molecular flexibility index (Phi) is 4.49. The van der Waals surface area contributed by atoms with E-state index in [2.05, 4.69) is 31.5 Å². The second-order valence-electron chi connectivity index (χ2n) is 4.19. The normalized spacial score (nSPS) is 12.6. The van der Waals surface area contributed by atoms with Crippen molar-refractivity contribution in [2.45, 2.75) is 19.9 Å². The Hall–Kier alpha value is -1.47. The lowest BCUT2D eigenvalue weighted by atomic mass is 10.2. The van der Waals surface area contributed by atoms with Crippen LogP contribution >= 0.6 is 15.9 Å². The number of aromatic nitrogens is 4. The summed E-state index contributed by atoms with van der Waals surface area (Å²) in [6.07, 6.45) is 0. The van der Waals surface area contributed by atoms with Crippen LogP contribution in [-0.4, -0.2) is 33.4 Å². The van der Waals surface area contributed by atoms with Crippen molar-refractivity contribution in [3.05, 3.63) is 22.7 Å². The highest BCUT2D eigenvalue weighted by atomic mass is 79.9. The van der Waals surface area contributed by atoms with Gasteiger partial charge in [0.25, 0.3) is 0 Å². The van der Waals surface area contributed by atoms with Gasteiger partial charge in [-0.15, -0.1) is 5.10 Å². The first-order chi connectivity index (χ1) is 9.13. The minimum Gasteiger partial charge on any atom is -0.398 e. The van der Waals surface area contributed by atoms with Crippen molar-refractivity contribution < 1.29 is 4.74 Å². The number of hydrogen-bond donors (Lipinski definition) is 1. The molecule has 19 heavy (non-hydrogen) atoms. The summed E-state index contributed by atoms with van der Waals surface area (Å²) in [5.74, 6) is 0.686. The molecule has 1 unspecified atom stereocenters. The second-order valence-corrected chi connectivity index (χ2v) is 5.05. The Bertz CT molecular complexity index is 557. The summed E-state index contributed by atoms with van der Waals surface area (Å²) in [5.41, 5.74) is 7.42. The van der Waals surface area contributed by atoms with Gasteiger partial charge in [0.1, 0.15) is 0 Å². The molecule has 1 heterocycles. The van der Waals surface area contributed by atoms with Crippen LogP contribution in [0.15, 0.2) is 22.7 Å². The summed E-state index contributed by atoms with van der Waals surface area (Å²) in [5, 5.41) is 11.8. The molecule has 0 aliphatic rings. The lowest BCUT2D eigenvalue weighted by Gasteiger charge is -2.13. The number of nitrogens with two attached hydrogens (primary N) is 1. The minimum absolute atomic E-state index is 0.0646. The zero-order valence-electron chi connectivity index (χ0n) is 10.9. The van der Waals surface area contributed by atoms with E-state index >= 15 is 0 Å². The van der Waals surface area contributed by atoms with E-state index in [9.17, 15) is 0 Å². The first-order valence-corrected chi connectivity index (χ1v) is 6.83. The summed E-state index contributed by atoms with van der Waals surface area (Å²) in [7, 11) is 0. The number of ether oxygens (including phenoxy) is 1. The maximum absolute atomic E-state index is 5.88. The van der Waals surface area contributed by atoms with E-state index in [0.717, 1.165) is 10.0 Å². The van der Waals surface area contributed by atoms with Crippen molar-refractivity contribution >= 4 is 21.6 Å². The van der Waals surface area contributed by atoms with Gasteiger partial charge in [-0.1, -0.05) is 0 Å². The van der Waals surface area contributed by atoms with Gasteiger partial charge in [-0.25, -0.2) is 4.68 Å². The maximum atomic E-state index is 5.88. The predicted octanol–water partition coefficient (Wildman–Crippen LogP) is 2.28. The summed E-state index contributed by atoms with van der Waals surface area (Å²) < 4.78 is 8.01. The van der Waals surface area contributed by atoms with Crippen molar-refractivity contribution in [1.29, 1.82) is 0 Å². The average Bonchev–Trinajstić information content (AvgIpc) is 2.88. The van der Waals surface area contributed by atoms with Gasteiger partial charge < -0.3 is 10.5 Å². The summed E-state index contributed by atoms with van der Waals surface area (Å²) in [6.45, 7) is 5.22. The zero-order chi connectivity index (χ0) is 13.8. The number of nitrogen functional groups attached to an aromatic ring is 1. The van der Waals surface area contributed by atoms with Crippen molar-refractivity contribution in [1.82, 2.24) is 20.2 Å². The van der Waals surface area contributed by atoms with Gasteiger partial charge in [-0.05, 0) is 58.4 Å². The van der Waals surface area contributed by atoms with Crippen LogP contribution in [0.25, 0.3) is 11.4 Å². The zero-order valence-corrected chi connectivity index (χ0v) is 12.5. The third kappa shape index (κ3) is 3.10. The Balaban J connectivity index is 2.30. The van der Waals surface area contributed by atoms with Gasteiger partial charge in [-0.3, -0.25) is 0 Å². The molecule has 2 rings (SSSR count). The van der Waals surface area contributed by atoms with Gasteiger partial charge >= 0.3 is 0 Å². The van der Waals surface area contributed by atoms with Gasteiger partial charge in [0.05, 0.1) is 12.6 Å². The van der Waals surface area contributed by atoms with Crippen molar-refractivity contribution in [3.8, 4) is 11.4 Å². The number of benzene rings is 1. The molecule has 0 fully saturated rings. The lowest BCUT2D eigenvalue weighted by Crippen LogP contribution is -2.15. The van der Waals surface area contributed by atoms with Crippen LogP contribution in [0, 0.1) is 0 Å². The topological polar surface area (TPSA) is 78.8 Å². The van der Waals surface area contributed by atoms with Gasteiger partial charge in [0.2, 0.25) is 0 Å². The van der Waals surface area contributed by atoms with Crippen molar-refractivity contribution in [2.24, 2.45) is 0 Å². The van der Waals surface area contributed by atoms with Crippen LogP contribution in [0.4, 0.5) is 5.69 Å². The minimum atomic E-state index is 0.0646. The molecule has 7 heteroatoms. The first kappa shape index (κ1) is 14.0. The SMILES string of the molecule is CCOCC(C)n1nnnc1-c1ccc(Br)c(N)c1. The third-order valence-corrected chi connectivity index (χ3v) is 3.45. The molecule has 1 aromatic carbocycles. The Morgan fingerprint density at radius 1 is 1.47 bits per heavy atom. The van der Waals surface area contributed by atoms with E-state index in [1.165, 1.54) is 0 Å². The van der Waals surface area contributed by atoms with E-state index < -0.39 is 0 Å². The molecular weight excluding hydrogens is 310 g/mol.